The molecule has 0 spiro atoms. The van der Waals surface area contributed by atoms with Crippen LogP contribution in [0.15, 0.2) is 30.5 Å². The van der Waals surface area contributed by atoms with Gasteiger partial charge in [-0.05, 0) is 25.0 Å². The smallest absolute Gasteiger partial charge is 0.0680 e. The molecule has 0 amide bonds. The number of benzene rings is 1. The monoisotopic (exact) mass is 232 g/mol. The van der Waals surface area contributed by atoms with Gasteiger partial charge < -0.3 is 0 Å². The lowest BCUT2D eigenvalue weighted by atomic mass is 10.1. The van der Waals surface area contributed by atoms with E-state index in [1.807, 2.05) is 10.9 Å². The summed E-state index contributed by atoms with van der Waals surface area (Å²) in [6.07, 6.45) is 2.92. The Kier molecular flexibility index (Phi) is 3.34. The summed E-state index contributed by atoms with van der Waals surface area (Å²) in [6.45, 7) is 4.25. The average Bonchev–Trinajstić information content (AvgIpc) is 2.70. The van der Waals surface area contributed by atoms with Crippen molar-refractivity contribution in [1.82, 2.24) is 9.78 Å². The molecule has 84 valence electrons. The summed E-state index contributed by atoms with van der Waals surface area (Å²) < 4.78 is 2.00. The van der Waals surface area contributed by atoms with E-state index in [9.17, 15) is 0 Å². The van der Waals surface area contributed by atoms with Crippen molar-refractivity contribution in [1.29, 1.82) is 0 Å². The first-order chi connectivity index (χ1) is 7.77. The van der Waals surface area contributed by atoms with Gasteiger partial charge in [0.05, 0.1) is 11.9 Å². The molecule has 0 fully saturated rings. The van der Waals surface area contributed by atoms with Crippen molar-refractivity contribution in [3.05, 3.63) is 47.3 Å². The van der Waals surface area contributed by atoms with E-state index in [1.165, 1.54) is 22.5 Å². The molecule has 0 saturated carbocycles. The van der Waals surface area contributed by atoms with Crippen LogP contribution in [-0.4, -0.2) is 9.78 Å². The van der Waals surface area contributed by atoms with Gasteiger partial charge in [-0.3, -0.25) is 0 Å². The number of hydrogen-bond donors (Lipinski definition) is 1. The van der Waals surface area contributed by atoms with Crippen LogP contribution in [0.3, 0.4) is 0 Å². The van der Waals surface area contributed by atoms with Gasteiger partial charge in [0, 0.05) is 17.0 Å². The van der Waals surface area contributed by atoms with Crippen molar-refractivity contribution < 1.29 is 0 Å². The SMILES string of the molecule is CCc1ccccc1-n1ncc(CS)c1C. The minimum atomic E-state index is 0.736. The summed E-state index contributed by atoms with van der Waals surface area (Å²) in [5.41, 5.74) is 4.86. The highest BCUT2D eigenvalue weighted by Gasteiger charge is 2.08. The standard InChI is InChI=1S/C13H16N2S/c1-3-11-6-4-5-7-13(11)15-10(2)12(9-16)8-14-15/h4-8,16H,3,9H2,1-2H3. The van der Waals surface area contributed by atoms with E-state index in [1.54, 1.807) is 0 Å². The number of hydrogen-bond acceptors (Lipinski definition) is 2. The molecule has 2 nitrogen and oxygen atoms in total. The van der Waals surface area contributed by atoms with Gasteiger partial charge in [0.15, 0.2) is 0 Å². The molecule has 0 aliphatic heterocycles. The first kappa shape index (κ1) is 11.3. The fourth-order valence-electron chi connectivity index (χ4n) is 1.86. The summed E-state index contributed by atoms with van der Waals surface area (Å²) in [7, 11) is 0. The largest absolute Gasteiger partial charge is 0.238 e. The third kappa shape index (κ3) is 1.87. The predicted molar refractivity (Wildman–Crippen MR) is 70.4 cm³/mol. The molecule has 0 N–H and O–H groups in total. The van der Waals surface area contributed by atoms with Crippen molar-refractivity contribution >= 4 is 12.6 Å². The van der Waals surface area contributed by atoms with E-state index < -0.39 is 0 Å². The van der Waals surface area contributed by atoms with Crippen molar-refractivity contribution in [2.75, 3.05) is 0 Å². The molecule has 2 aromatic rings. The van der Waals surface area contributed by atoms with E-state index in [4.69, 9.17) is 0 Å². The molecule has 0 radical (unpaired) electrons. The second-order valence-corrected chi connectivity index (χ2v) is 4.12. The molecular weight excluding hydrogens is 216 g/mol. The van der Waals surface area contributed by atoms with Crippen molar-refractivity contribution in [2.24, 2.45) is 0 Å². The van der Waals surface area contributed by atoms with Gasteiger partial charge in [0.25, 0.3) is 0 Å². The zero-order valence-electron chi connectivity index (χ0n) is 9.64. The van der Waals surface area contributed by atoms with Crippen LogP contribution in [0.25, 0.3) is 5.69 Å². The number of aromatic nitrogens is 2. The Labute approximate surface area is 102 Å². The van der Waals surface area contributed by atoms with Crippen molar-refractivity contribution in [3.63, 3.8) is 0 Å². The highest BCUT2D eigenvalue weighted by molar-refractivity contribution is 7.79. The van der Waals surface area contributed by atoms with Crippen LogP contribution in [-0.2, 0) is 12.2 Å². The normalized spacial score (nSPS) is 10.7. The molecule has 0 unspecified atom stereocenters. The molecule has 0 aliphatic carbocycles. The number of rotatable bonds is 3. The Morgan fingerprint density at radius 3 is 2.62 bits per heavy atom. The maximum atomic E-state index is 4.43. The highest BCUT2D eigenvalue weighted by atomic mass is 32.1. The van der Waals surface area contributed by atoms with Crippen molar-refractivity contribution in [3.8, 4) is 5.69 Å². The average molecular weight is 232 g/mol. The minimum Gasteiger partial charge on any atom is -0.238 e. The third-order valence-corrected chi connectivity index (χ3v) is 3.22. The molecule has 3 heteroatoms. The summed E-state index contributed by atoms with van der Waals surface area (Å²) in [5.74, 6) is 0.736. The van der Waals surface area contributed by atoms with Crippen LogP contribution in [0.4, 0.5) is 0 Å². The van der Waals surface area contributed by atoms with Gasteiger partial charge in [-0.2, -0.15) is 17.7 Å². The number of aryl methyl sites for hydroxylation is 1. The fourth-order valence-corrected chi connectivity index (χ4v) is 2.17. The Morgan fingerprint density at radius 2 is 2.00 bits per heavy atom. The van der Waals surface area contributed by atoms with E-state index in [0.717, 1.165) is 12.2 Å². The maximum absolute atomic E-state index is 4.43. The number of nitrogens with zero attached hydrogens (tertiary/aromatic N) is 2. The lowest BCUT2D eigenvalue weighted by molar-refractivity contribution is 0.831. The molecule has 16 heavy (non-hydrogen) atoms. The van der Waals surface area contributed by atoms with Crippen LogP contribution < -0.4 is 0 Å². The summed E-state index contributed by atoms with van der Waals surface area (Å²) in [4.78, 5) is 0. The van der Waals surface area contributed by atoms with E-state index in [0.29, 0.717) is 0 Å². The zero-order valence-corrected chi connectivity index (χ0v) is 10.5. The topological polar surface area (TPSA) is 17.8 Å². The Hall–Kier alpha value is -1.22. The minimum absolute atomic E-state index is 0.736. The fraction of sp³-hybridized carbons (Fsp3) is 0.308. The van der Waals surface area contributed by atoms with Gasteiger partial charge in [-0.1, -0.05) is 25.1 Å². The first-order valence-corrected chi connectivity index (χ1v) is 6.13. The second kappa shape index (κ2) is 4.74. The quantitative estimate of drug-likeness (QED) is 0.805. The molecule has 1 heterocycles. The molecule has 2 rings (SSSR count). The van der Waals surface area contributed by atoms with Gasteiger partial charge in [0.1, 0.15) is 0 Å². The number of para-hydroxylation sites is 1. The predicted octanol–water partition coefficient (Wildman–Crippen LogP) is 3.17. The van der Waals surface area contributed by atoms with Gasteiger partial charge in [0.2, 0.25) is 0 Å². The molecular formula is C13H16N2S. The highest BCUT2D eigenvalue weighted by Crippen LogP contribution is 2.19. The van der Waals surface area contributed by atoms with Crippen LogP contribution in [0.2, 0.25) is 0 Å². The lowest BCUT2D eigenvalue weighted by Crippen LogP contribution is -2.02. The Bertz CT molecular complexity index is 488. The molecule has 0 aliphatic rings. The van der Waals surface area contributed by atoms with Crippen LogP contribution in [0, 0.1) is 6.92 Å². The lowest BCUT2D eigenvalue weighted by Gasteiger charge is -2.09. The van der Waals surface area contributed by atoms with Crippen LogP contribution >= 0.6 is 12.6 Å². The Morgan fingerprint density at radius 1 is 1.25 bits per heavy atom. The summed E-state index contributed by atoms with van der Waals surface area (Å²) in [6, 6.07) is 8.38. The Balaban J connectivity index is 2.54. The molecule has 0 bridgehead atoms. The molecule has 1 aromatic carbocycles. The van der Waals surface area contributed by atoms with E-state index in [-0.39, 0.29) is 0 Å². The second-order valence-electron chi connectivity index (χ2n) is 3.81. The van der Waals surface area contributed by atoms with E-state index in [2.05, 4.69) is 55.8 Å². The maximum Gasteiger partial charge on any atom is 0.0680 e. The van der Waals surface area contributed by atoms with Gasteiger partial charge in [-0.25, -0.2) is 4.68 Å². The van der Waals surface area contributed by atoms with Crippen molar-refractivity contribution in [2.45, 2.75) is 26.0 Å². The third-order valence-electron chi connectivity index (χ3n) is 2.88. The van der Waals surface area contributed by atoms with Crippen LogP contribution in [0.5, 0.6) is 0 Å². The number of thiol groups is 1. The molecule has 1 aromatic heterocycles. The molecule has 0 saturated heterocycles. The van der Waals surface area contributed by atoms with Crippen LogP contribution in [0.1, 0.15) is 23.7 Å². The summed E-state index contributed by atoms with van der Waals surface area (Å²) >= 11 is 4.30. The zero-order chi connectivity index (χ0) is 11.5. The van der Waals surface area contributed by atoms with E-state index >= 15 is 0 Å². The van der Waals surface area contributed by atoms with Gasteiger partial charge >= 0.3 is 0 Å². The first-order valence-electron chi connectivity index (χ1n) is 5.50. The summed E-state index contributed by atoms with van der Waals surface area (Å²) in [5, 5.41) is 4.43. The van der Waals surface area contributed by atoms with Gasteiger partial charge in [-0.15, -0.1) is 0 Å². The molecule has 0 atom stereocenters.